The van der Waals surface area contributed by atoms with Gasteiger partial charge in [0.05, 0.1) is 6.04 Å². The molecule has 0 aliphatic carbocycles. The Bertz CT molecular complexity index is 278. The van der Waals surface area contributed by atoms with E-state index in [0.717, 1.165) is 32.4 Å². The third-order valence-electron chi connectivity index (χ3n) is 2.43. The molecule has 0 fully saturated rings. The minimum absolute atomic E-state index is 0.332. The lowest BCUT2D eigenvalue weighted by Gasteiger charge is -2.19. The van der Waals surface area contributed by atoms with Gasteiger partial charge in [-0.15, -0.1) is 0 Å². The van der Waals surface area contributed by atoms with Crippen LogP contribution < -0.4 is 10.6 Å². The third kappa shape index (κ3) is 8.98. The van der Waals surface area contributed by atoms with Crippen LogP contribution in [0.2, 0.25) is 0 Å². The van der Waals surface area contributed by atoms with E-state index in [2.05, 4.69) is 15.6 Å². The first-order chi connectivity index (χ1) is 8.47. The van der Waals surface area contributed by atoms with Crippen molar-refractivity contribution in [1.29, 1.82) is 0 Å². The van der Waals surface area contributed by atoms with Crippen molar-refractivity contribution >= 4 is 12.3 Å². The molecule has 1 amide bonds. The van der Waals surface area contributed by atoms with Crippen LogP contribution in [0.1, 0.15) is 40.0 Å². The molecule has 0 saturated carbocycles. The number of nitrogens with zero attached hydrogens (tertiary/aromatic N) is 1. The second kappa shape index (κ2) is 7.36. The summed E-state index contributed by atoms with van der Waals surface area (Å²) < 4.78 is 5.14. The van der Waals surface area contributed by atoms with Crippen LogP contribution in [0.15, 0.2) is 4.99 Å². The second-order valence-corrected chi connectivity index (χ2v) is 5.54. The van der Waals surface area contributed by atoms with Crippen LogP contribution in [-0.4, -0.2) is 43.6 Å². The molecule has 5 heteroatoms. The van der Waals surface area contributed by atoms with Gasteiger partial charge in [0, 0.05) is 12.8 Å². The highest BCUT2D eigenvalue weighted by Crippen LogP contribution is 2.06. The van der Waals surface area contributed by atoms with Gasteiger partial charge in [0.2, 0.25) is 0 Å². The van der Waals surface area contributed by atoms with Crippen molar-refractivity contribution in [3.05, 3.63) is 0 Å². The summed E-state index contributed by atoms with van der Waals surface area (Å²) in [7, 11) is 0. The molecule has 0 radical (unpaired) electrons. The van der Waals surface area contributed by atoms with E-state index in [0.29, 0.717) is 12.6 Å². The van der Waals surface area contributed by atoms with Gasteiger partial charge in [-0.1, -0.05) is 0 Å². The fourth-order valence-corrected chi connectivity index (χ4v) is 1.46. The van der Waals surface area contributed by atoms with Crippen molar-refractivity contribution in [2.45, 2.75) is 51.7 Å². The highest BCUT2D eigenvalue weighted by molar-refractivity contribution is 5.77. The Labute approximate surface area is 109 Å². The lowest BCUT2D eigenvalue weighted by atomic mass is 10.2. The van der Waals surface area contributed by atoms with Crippen LogP contribution in [0, 0.1) is 0 Å². The Morgan fingerprint density at radius 3 is 2.56 bits per heavy atom. The van der Waals surface area contributed by atoms with E-state index in [-0.39, 0.29) is 6.09 Å². The van der Waals surface area contributed by atoms with Gasteiger partial charge in [-0.05, 0) is 53.1 Å². The predicted molar refractivity (Wildman–Crippen MR) is 73.2 cm³/mol. The highest BCUT2D eigenvalue weighted by Gasteiger charge is 2.15. The molecule has 1 unspecified atom stereocenters. The number of aliphatic imine (C=N–C) groups is 1. The zero-order valence-corrected chi connectivity index (χ0v) is 11.7. The molecule has 0 saturated heterocycles. The van der Waals surface area contributed by atoms with Crippen LogP contribution in [0.25, 0.3) is 0 Å². The number of carbonyl (C=O) groups is 1. The quantitative estimate of drug-likeness (QED) is 0.649. The predicted octanol–water partition coefficient (Wildman–Crippen LogP) is 1.72. The SMILES string of the molecule is CC(C)(C)OC(=O)NCCCCNCCC1C=N1. The second-order valence-electron chi connectivity index (χ2n) is 5.54. The Morgan fingerprint density at radius 2 is 1.94 bits per heavy atom. The maximum absolute atomic E-state index is 11.3. The van der Waals surface area contributed by atoms with E-state index in [9.17, 15) is 4.79 Å². The number of rotatable bonds is 8. The first-order valence-corrected chi connectivity index (χ1v) is 6.68. The number of unbranched alkanes of at least 4 members (excludes halogenated alkanes) is 1. The maximum Gasteiger partial charge on any atom is 0.407 e. The molecule has 104 valence electrons. The van der Waals surface area contributed by atoms with E-state index in [1.54, 1.807) is 0 Å². The van der Waals surface area contributed by atoms with Gasteiger partial charge in [-0.3, -0.25) is 4.99 Å². The summed E-state index contributed by atoms with van der Waals surface area (Å²) >= 11 is 0. The van der Waals surface area contributed by atoms with E-state index in [1.807, 2.05) is 27.0 Å². The molecule has 1 atom stereocenters. The van der Waals surface area contributed by atoms with E-state index < -0.39 is 5.60 Å². The Balaban J connectivity index is 1.81. The van der Waals surface area contributed by atoms with Gasteiger partial charge in [0.15, 0.2) is 0 Å². The lowest BCUT2D eigenvalue weighted by Crippen LogP contribution is -2.33. The molecule has 1 aliphatic heterocycles. The molecule has 2 N–H and O–H groups in total. The molecule has 0 bridgehead atoms. The third-order valence-corrected chi connectivity index (χ3v) is 2.43. The van der Waals surface area contributed by atoms with E-state index in [1.165, 1.54) is 0 Å². The molecule has 1 rings (SSSR count). The summed E-state index contributed by atoms with van der Waals surface area (Å²) in [5, 5.41) is 6.11. The molecule has 0 spiro atoms. The van der Waals surface area contributed by atoms with Crippen molar-refractivity contribution < 1.29 is 9.53 Å². The number of hydrogen-bond acceptors (Lipinski definition) is 4. The molecule has 0 aromatic carbocycles. The highest BCUT2D eigenvalue weighted by atomic mass is 16.6. The number of carbonyl (C=O) groups excluding carboxylic acids is 1. The van der Waals surface area contributed by atoms with Crippen LogP contribution in [0.4, 0.5) is 4.79 Å². The summed E-state index contributed by atoms with van der Waals surface area (Å²) in [6.07, 6.45) is 4.78. The average Bonchev–Trinajstić information content (AvgIpc) is 3.03. The molecule has 5 nitrogen and oxygen atoms in total. The average molecular weight is 255 g/mol. The minimum atomic E-state index is -0.420. The zero-order valence-electron chi connectivity index (χ0n) is 11.7. The van der Waals surface area contributed by atoms with E-state index in [4.69, 9.17) is 4.74 Å². The van der Waals surface area contributed by atoms with Gasteiger partial charge >= 0.3 is 6.09 Å². The van der Waals surface area contributed by atoms with Gasteiger partial charge < -0.3 is 15.4 Å². The van der Waals surface area contributed by atoms with Crippen LogP contribution in [0.3, 0.4) is 0 Å². The Morgan fingerprint density at radius 1 is 1.28 bits per heavy atom. The fourth-order valence-electron chi connectivity index (χ4n) is 1.46. The van der Waals surface area contributed by atoms with Gasteiger partial charge in [0.25, 0.3) is 0 Å². The molecular formula is C13H25N3O2. The first-order valence-electron chi connectivity index (χ1n) is 6.68. The Kier molecular flexibility index (Phi) is 6.12. The monoisotopic (exact) mass is 255 g/mol. The van der Waals surface area contributed by atoms with Crippen molar-refractivity contribution in [3.8, 4) is 0 Å². The summed E-state index contributed by atoms with van der Waals surface area (Å²) in [6, 6.07) is 0.506. The first kappa shape index (κ1) is 15.0. The molecule has 0 aromatic rings. The van der Waals surface area contributed by atoms with Gasteiger partial charge in [-0.25, -0.2) is 4.79 Å². The molecule has 18 heavy (non-hydrogen) atoms. The molecule has 1 aliphatic rings. The lowest BCUT2D eigenvalue weighted by molar-refractivity contribution is 0.0527. The van der Waals surface area contributed by atoms with Gasteiger partial charge in [-0.2, -0.15) is 0 Å². The largest absolute Gasteiger partial charge is 0.444 e. The molecule has 0 aromatic heterocycles. The fraction of sp³-hybridized carbons (Fsp3) is 0.846. The minimum Gasteiger partial charge on any atom is -0.444 e. The maximum atomic E-state index is 11.3. The van der Waals surface area contributed by atoms with Crippen LogP contribution in [0.5, 0.6) is 0 Å². The van der Waals surface area contributed by atoms with Crippen molar-refractivity contribution in [3.63, 3.8) is 0 Å². The summed E-state index contributed by atoms with van der Waals surface area (Å²) in [5.41, 5.74) is -0.420. The number of nitrogens with one attached hydrogen (secondary N) is 2. The van der Waals surface area contributed by atoms with E-state index >= 15 is 0 Å². The zero-order chi connectivity index (χ0) is 13.4. The summed E-state index contributed by atoms with van der Waals surface area (Å²) in [5.74, 6) is 0. The summed E-state index contributed by atoms with van der Waals surface area (Å²) in [6.45, 7) is 8.26. The van der Waals surface area contributed by atoms with Crippen molar-refractivity contribution in [1.82, 2.24) is 10.6 Å². The summed E-state index contributed by atoms with van der Waals surface area (Å²) in [4.78, 5) is 15.4. The number of hydrogen-bond donors (Lipinski definition) is 2. The van der Waals surface area contributed by atoms with Crippen LogP contribution >= 0.6 is 0 Å². The Hall–Kier alpha value is -1.10. The smallest absolute Gasteiger partial charge is 0.407 e. The van der Waals surface area contributed by atoms with Gasteiger partial charge in [0.1, 0.15) is 5.60 Å². The number of amides is 1. The molecule has 1 heterocycles. The molecular weight excluding hydrogens is 230 g/mol. The van der Waals surface area contributed by atoms with Crippen LogP contribution in [-0.2, 0) is 4.74 Å². The number of ether oxygens (including phenoxy) is 1. The normalized spacial score (nSPS) is 17.6. The van der Waals surface area contributed by atoms with Crippen molar-refractivity contribution in [2.75, 3.05) is 19.6 Å². The van der Waals surface area contributed by atoms with Crippen molar-refractivity contribution in [2.24, 2.45) is 4.99 Å². The number of alkyl carbamates (subject to hydrolysis) is 1. The standard InChI is InChI=1S/C13H25N3O2/c1-13(2,3)18-12(17)15-8-5-4-7-14-9-6-11-10-16-11/h10-11,14H,4-9H2,1-3H3,(H,15,17). The topological polar surface area (TPSA) is 62.7 Å².